The van der Waals surface area contributed by atoms with E-state index in [1.54, 1.807) is 16.2 Å². The zero-order chi connectivity index (χ0) is 29.8. The van der Waals surface area contributed by atoms with Crippen molar-refractivity contribution in [2.45, 2.75) is 110 Å². The van der Waals surface area contributed by atoms with Crippen molar-refractivity contribution in [3.63, 3.8) is 0 Å². The molecule has 1 fully saturated rings. The summed E-state index contributed by atoms with van der Waals surface area (Å²) in [5, 5.41) is 16.9. The Kier molecular flexibility index (Phi) is 14.0. The van der Waals surface area contributed by atoms with Crippen LogP contribution in [0.2, 0.25) is 0 Å². The van der Waals surface area contributed by atoms with E-state index in [9.17, 15) is 14.7 Å². The number of alkyl halides is 1. The standard InChI is InChI=1S/C32H49IN4O3S/c1-23-28(41-22-36-23)25-15-13-24(14-16-25)20-35-30(39)27-19-26(38)21-37(27)31(40)29(32(2,3)4)34-18-12-10-8-6-5-7-9-11-17-33/h13-16,22,26-27,29,34,38H,5-12,17-21H2,1-4H3,(H,35,39)/t26-,27+,29-/m1/s1. The summed E-state index contributed by atoms with van der Waals surface area (Å²) in [5.74, 6) is -0.322. The first-order chi connectivity index (χ1) is 19.6. The van der Waals surface area contributed by atoms with Crippen LogP contribution >= 0.6 is 33.9 Å². The van der Waals surface area contributed by atoms with Crippen LogP contribution in [0, 0.1) is 12.3 Å². The maximum Gasteiger partial charge on any atom is 0.243 e. The average Bonchev–Trinajstić information content (AvgIpc) is 3.55. The van der Waals surface area contributed by atoms with Gasteiger partial charge >= 0.3 is 0 Å². The third kappa shape index (κ3) is 10.6. The van der Waals surface area contributed by atoms with E-state index in [2.05, 4.69) is 59.0 Å². The van der Waals surface area contributed by atoms with E-state index >= 15 is 0 Å². The molecule has 228 valence electrons. The summed E-state index contributed by atoms with van der Waals surface area (Å²) >= 11 is 4.06. The number of carbonyl (C=O) groups is 2. The van der Waals surface area contributed by atoms with Crippen molar-refractivity contribution in [1.29, 1.82) is 0 Å². The molecule has 9 heteroatoms. The first kappa shape index (κ1) is 33.9. The van der Waals surface area contributed by atoms with Crippen LogP contribution in [0.1, 0.15) is 89.8 Å². The minimum Gasteiger partial charge on any atom is -0.391 e. The number of likely N-dealkylation sites (tertiary alicyclic amines) is 1. The Morgan fingerprint density at radius 3 is 2.29 bits per heavy atom. The highest BCUT2D eigenvalue weighted by atomic mass is 127. The van der Waals surface area contributed by atoms with Crippen LogP contribution in [0.5, 0.6) is 0 Å². The number of nitrogens with zero attached hydrogens (tertiary/aromatic N) is 2. The van der Waals surface area contributed by atoms with E-state index in [1.807, 2.05) is 36.7 Å². The fourth-order valence-electron chi connectivity index (χ4n) is 5.42. The van der Waals surface area contributed by atoms with Gasteiger partial charge in [-0.25, -0.2) is 4.98 Å². The summed E-state index contributed by atoms with van der Waals surface area (Å²) in [6.45, 7) is 9.49. The minimum absolute atomic E-state index is 0.103. The molecule has 3 rings (SSSR count). The van der Waals surface area contributed by atoms with Crippen LogP contribution in [0.15, 0.2) is 29.8 Å². The first-order valence-corrected chi connectivity index (χ1v) is 17.6. The van der Waals surface area contributed by atoms with Crippen LogP contribution < -0.4 is 10.6 Å². The molecule has 0 spiro atoms. The molecule has 3 atom stereocenters. The van der Waals surface area contributed by atoms with Crippen molar-refractivity contribution in [1.82, 2.24) is 20.5 Å². The summed E-state index contributed by atoms with van der Waals surface area (Å²) in [6.07, 6.45) is 9.56. The second-order valence-electron chi connectivity index (χ2n) is 12.3. The van der Waals surface area contributed by atoms with Crippen molar-refractivity contribution in [3.05, 3.63) is 41.0 Å². The van der Waals surface area contributed by atoms with Crippen molar-refractivity contribution >= 4 is 45.7 Å². The summed E-state index contributed by atoms with van der Waals surface area (Å²) in [4.78, 5) is 34.1. The number of hydrogen-bond donors (Lipinski definition) is 3. The van der Waals surface area contributed by atoms with Gasteiger partial charge in [0, 0.05) is 19.5 Å². The summed E-state index contributed by atoms with van der Waals surface area (Å²) in [7, 11) is 0. The lowest BCUT2D eigenvalue weighted by atomic mass is 9.85. The molecule has 0 unspecified atom stereocenters. The number of carbonyl (C=O) groups excluding carboxylic acids is 2. The highest BCUT2D eigenvalue weighted by Crippen LogP contribution is 2.28. The summed E-state index contributed by atoms with van der Waals surface area (Å²) in [6, 6.07) is 7.02. The number of thiazole rings is 1. The Balaban J connectivity index is 1.50. The molecule has 7 nitrogen and oxygen atoms in total. The highest BCUT2D eigenvalue weighted by molar-refractivity contribution is 14.1. The fraction of sp³-hybridized carbons (Fsp3) is 0.656. The molecule has 1 aromatic heterocycles. The van der Waals surface area contributed by atoms with E-state index in [0.29, 0.717) is 6.54 Å². The van der Waals surface area contributed by atoms with Crippen LogP contribution in [0.4, 0.5) is 0 Å². The van der Waals surface area contributed by atoms with Gasteiger partial charge in [-0.3, -0.25) is 9.59 Å². The number of nitrogens with one attached hydrogen (secondary N) is 2. The molecule has 0 aliphatic carbocycles. The molecule has 0 saturated carbocycles. The molecule has 2 amide bonds. The maximum absolute atomic E-state index is 13.8. The monoisotopic (exact) mass is 696 g/mol. The van der Waals surface area contributed by atoms with E-state index in [1.165, 1.54) is 43.0 Å². The van der Waals surface area contributed by atoms with Crippen LogP contribution in [-0.4, -0.2) is 62.5 Å². The van der Waals surface area contributed by atoms with Gasteiger partial charge in [-0.05, 0) is 47.3 Å². The van der Waals surface area contributed by atoms with Crippen molar-refractivity contribution < 1.29 is 14.7 Å². The predicted molar refractivity (Wildman–Crippen MR) is 177 cm³/mol. The topological polar surface area (TPSA) is 94.6 Å². The smallest absolute Gasteiger partial charge is 0.243 e. The number of amides is 2. The van der Waals surface area contributed by atoms with Gasteiger partial charge in [-0.1, -0.05) is 106 Å². The number of aromatic nitrogens is 1. The van der Waals surface area contributed by atoms with Crippen molar-refractivity contribution in [2.75, 3.05) is 17.5 Å². The van der Waals surface area contributed by atoms with Gasteiger partial charge in [0.05, 0.1) is 28.2 Å². The Morgan fingerprint density at radius 1 is 1.07 bits per heavy atom. The second-order valence-corrected chi connectivity index (χ2v) is 14.3. The van der Waals surface area contributed by atoms with Crippen LogP contribution in [0.25, 0.3) is 10.4 Å². The van der Waals surface area contributed by atoms with Gasteiger partial charge in [0.15, 0.2) is 0 Å². The number of hydrogen-bond acceptors (Lipinski definition) is 6. The van der Waals surface area contributed by atoms with Crippen LogP contribution in [0.3, 0.4) is 0 Å². The lowest BCUT2D eigenvalue weighted by molar-refractivity contribution is -0.142. The number of β-amino-alcohol motifs (C(OH)–C–C–N with tert-alkyl or cyclic N) is 1. The largest absolute Gasteiger partial charge is 0.391 e. The van der Waals surface area contributed by atoms with E-state index in [-0.39, 0.29) is 30.2 Å². The number of aryl methyl sites for hydroxylation is 1. The minimum atomic E-state index is -0.700. The van der Waals surface area contributed by atoms with Gasteiger partial charge < -0.3 is 20.6 Å². The molecule has 1 saturated heterocycles. The maximum atomic E-state index is 13.8. The van der Waals surface area contributed by atoms with Gasteiger partial charge in [-0.2, -0.15) is 0 Å². The lowest BCUT2D eigenvalue weighted by Crippen LogP contribution is -2.56. The molecular weight excluding hydrogens is 647 g/mol. The Bertz CT molecular complexity index is 1090. The first-order valence-electron chi connectivity index (χ1n) is 15.2. The summed E-state index contributed by atoms with van der Waals surface area (Å²) < 4.78 is 1.25. The molecule has 3 N–H and O–H groups in total. The van der Waals surface area contributed by atoms with Crippen molar-refractivity contribution in [3.8, 4) is 10.4 Å². The number of aliphatic hydroxyl groups is 1. The Hall–Kier alpha value is -1.56. The zero-order valence-electron chi connectivity index (χ0n) is 25.3. The third-order valence-electron chi connectivity index (χ3n) is 7.81. The number of halogens is 1. The molecule has 1 aliphatic rings. The number of benzene rings is 1. The lowest BCUT2D eigenvalue weighted by Gasteiger charge is -2.35. The molecule has 1 aromatic carbocycles. The van der Waals surface area contributed by atoms with Crippen molar-refractivity contribution in [2.24, 2.45) is 5.41 Å². The normalized spacial score (nSPS) is 18.0. The van der Waals surface area contributed by atoms with Gasteiger partial charge in [0.2, 0.25) is 11.8 Å². The molecule has 2 heterocycles. The van der Waals surface area contributed by atoms with Gasteiger partial charge in [0.25, 0.3) is 0 Å². The highest BCUT2D eigenvalue weighted by Gasteiger charge is 2.43. The SMILES string of the molecule is Cc1ncsc1-c1ccc(CNC(=O)[C@@H]2C[C@@H](O)CN2C(=O)[C@@H](NCCCCCCCCCCI)C(C)(C)C)cc1. The predicted octanol–water partition coefficient (Wildman–Crippen LogP) is 6.26. The molecule has 0 bridgehead atoms. The number of aliphatic hydroxyl groups excluding tert-OH is 1. The number of unbranched alkanes of at least 4 members (excludes halogenated alkanes) is 7. The Labute approximate surface area is 264 Å². The van der Waals surface area contributed by atoms with E-state index < -0.39 is 18.2 Å². The fourth-order valence-corrected chi connectivity index (χ4v) is 6.77. The van der Waals surface area contributed by atoms with Gasteiger partial charge in [0.1, 0.15) is 6.04 Å². The molecule has 2 aromatic rings. The zero-order valence-corrected chi connectivity index (χ0v) is 28.2. The second kappa shape index (κ2) is 16.9. The molecular formula is C32H49IN4O3S. The molecule has 41 heavy (non-hydrogen) atoms. The summed E-state index contributed by atoms with van der Waals surface area (Å²) in [5.41, 5.74) is 4.63. The molecule has 0 radical (unpaired) electrons. The van der Waals surface area contributed by atoms with E-state index in [4.69, 9.17) is 0 Å². The van der Waals surface area contributed by atoms with E-state index in [0.717, 1.165) is 41.1 Å². The van der Waals surface area contributed by atoms with Crippen LogP contribution in [-0.2, 0) is 16.1 Å². The average molecular weight is 697 g/mol. The number of rotatable bonds is 16. The Morgan fingerprint density at radius 2 is 1.71 bits per heavy atom. The van der Waals surface area contributed by atoms with Gasteiger partial charge in [-0.15, -0.1) is 11.3 Å². The molecule has 1 aliphatic heterocycles. The quantitative estimate of drug-likeness (QED) is 0.110. The third-order valence-corrected chi connectivity index (χ3v) is 9.56.